The van der Waals surface area contributed by atoms with E-state index in [0.717, 1.165) is 30.9 Å². The average molecular weight is 398 g/mol. The Labute approximate surface area is 153 Å². The fraction of sp³-hybridized carbons (Fsp3) is 0.789. The number of rotatable bonds is 4. The van der Waals surface area contributed by atoms with Crippen LogP contribution in [-0.4, -0.2) is 34.3 Å². The van der Waals surface area contributed by atoms with Gasteiger partial charge in [0.1, 0.15) is 0 Å². The second-order valence-electron chi connectivity index (χ2n) is 8.49. The fourth-order valence-electron chi connectivity index (χ4n) is 5.08. The van der Waals surface area contributed by atoms with E-state index in [-0.39, 0.29) is 23.8 Å². The van der Waals surface area contributed by atoms with Gasteiger partial charge in [-0.2, -0.15) is 26.3 Å². The number of aliphatic hydroxyl groups excluding tert-OH is 1. The molecule has 2 saturated carbocycles. The molecule has 2 fully saturated rings. The van der Waals surface area contributed by atoms with Crippen LogP contribution in [0.4, 0.5) is 26.3 Å². The number of hydrogen-bond donors (Lipinski definition) is 2. The van der Waals surface area contributed by atoms with Crippen LogP contribution in [0.2, 0.25) is 0 Å². The maximum Gasteiger partial charge on any atom is 0.429 e. The highest BCUT2D eigenvalue weighted by Gasteiger charge is 2.69. The topological polar surface area (TPSA) is 40.5 Å². The molecule has 0 aromatic rings. The van der Waals surface area contributed by atoms with Crippen molar-refractivity contribution >= 4 is 0 Å². The zero-order valence-electron chi connectivity index (χ0n) is 15.0. The second-order valence-corrected chi connectivity index (χ2v) is 8.49. The van der Waals surface area contributed by atoms with Crippen LogP contribution in [0.25, 0.3) is 0 Å². The molecule has 3 rings (SSSR count). The predicted molar refractivity (Wildman–Crippen MR) is 86.6 cm³/mol. The van der Waals surface area contributed by atoms with Crippen molar-refractivity contribution in [1.82, 2.24) is 0 Å². The number of alkyl halides is 6. The van der Waals surface area contributed by atoms with Gasteiger partial charge in [-0.1, -0.05) is 24.6 Å². The van der Waals surface area contributed by atoms with Gasteiger partial charge in [0.2, 0.25) is 0 Å². The molecular formula is C19H24F6O2. The number of allylic oxidation sites excluding steroid dienone is 3. The number of halogens is 6. The first-order valence-corrected chi connectivity index (χ1v) is 9.20. The maximum absolute atomic E-state index is 12.8. The van der Waals surface area contributed by atoms with Crippen molar-refractivity contribution in [3.8, 4) is 0 Å². The molecule has 3 aliphatic carbocycles. The van der Waals surface area contributed by atoms with E-state index in [1.54, 1.807) is 0 Å². The largest absolute Gasteiger partial charge is 0.429 e. The van der Waals surface area contributed by atoms with Gasteiger partial charge >= 0.3 is 12.4 Å². The van der Waals surface area contributed by atoms with E-state index in [1.165, 1.54) is 0 Å². The molecule has 2 nitrogen and oxygen atoms in total. The first-order chi connectivity index (χ1) is 12.3. The van der Waals surface area contributed by atoms with Crippen molar-refractivity contribution < 1.29 is 36.6 Å². The Bertz CT molecular complexity index is 630. The van der Waals surface area contributed by atoms with Gasteiger partial charge in [-0.25, -0.2) is 0 Å². The molecule has 0 amide bonds. The number of fused-ring (bicyclic) bond motifs is 1. The summed E-state index contributed by atoms with van der Waals surface area (Å²) < 4.78 is 76.8. The predicted octanol–water partition coefficient (Wildman–Crippen LogP) is 5.07. The molecule has 0 aromatic heterocycles. The van der Waals surface area contributed by atoms with Gasteiger partial charge < -0.3 is 10.2 Å². The lowest BCUT2D eigenvalue weighted by Crippen LogP contribution is -2.55. The highest BCUT2D eigenvalue weighted by atomic mass is 19.4. The molecule has 0 aliphatic heterocycles. The van der Waals surface area contributed by atoms with Crippen LogP contribution < -0.4 is 0 Å². The van der Waals surface area contributed by atoms with Crippen molar-refractivity contribution in [2.24, 2.45) is 16.7 Å². The third-order valence-electron chi connectivity index (χ3n) is 6.83. The SMILES string of the molecule is C[C@]12CCC[C@H](O)[C@@H]1CC=C2C1(C/C=C\C(O)(C(F)(F)F)C(F)(F)F)CC1. The van der Waals surface area contributed by atoms with E-state index in [0.29, 0.717) is 19.3 Å². The minimum absolute atomic E-state index is 0.0196. The van der Waals surface area contributed by atoms with Crippen LogP contribution in [-0.2, 0) is 0 Å². The summed E-state index contributed by atoms with van der Waals surface area (Å²) in [5.41, 5.74) is -4.49. The average Bonchev–Trinajstić information content (AvgIpc) is 3.19. The van der Waals surface area contributed by atoms with E-state index in [1.807, 2.05) is 13.0 Å². The lowest BCUT2D eigenvalue weighted by Gasteiger charge is -2.44. The van der Waals surface area contributed by atoms with Gasteiger partial charge in [-0.05, 0) is 67.8 Å². The standard InChI is InChI=1S/C19H24F6O2/c1-15-7-2-4-13(26)12(15)5-6-14(15)16(10-11-16)8-3-9-17(27,18(20,21)22)19(23,24)25/h3,6,9,12-13,26-27H,2,4-5,7-8,10-11H2,1H3/b9-3-/t12-,13-,15-/m0/s1. The summed E-state index contributed by atoms with van der Waals surface area (Å²) >= 11 is 0. The first kappa shape index (κ1) is 20.7. The van der Waals surface area contributed by atoms with Crippen LogP contribution in [0.1, 0.15) is 51.9 Å². The monoisotopic (exact) mass is 398 g/mol. The quantitative estimate of drug-likeness (QED) is 0.513. The van der Waals surface area contributed by atoms with Crippen molar-refractivity contribution in [3.05, 3.63) is 23.8 Å². The van der Waals surface area contributed by atoms with Crippen LogP contribution in [0.15, 0.2) is 23.8 Å². The van der Waals surface area contributed by atoms with E-state index in [4.69, 9.17) is 0 Å². The fourth-order valence-corrected chi connectivity index (χ4v) is 5.08. The molecule has 27 heavy (non-hydrogen) atoms. The van der Waals surface area contributed by atoms with Gasteiger partial charge in [-0.3, -0.25) is 0 Å². The molecule has 0 radical (unpaired) electrons. The number of aliphatic hydroxyl groups is 2. The summed E-state index contributed by atoms with van der Waals surface area (Å²) in [6, 6.07) is 0. The summed E-state index contributed by atoms with van der Waals surface area (Å²) in [6.07, 6.45) is -4.88. The van der Waals surface area contributed by atoms with Gasteiger partial charge in [0, 0.05) is 0 Å². The van der Waals surface area contributed by atoms with E-state index in [9.17, 15) is 36.6 Å². The Kier molecular flexibility index (Phi) is 4.79. The zero-order chi connectivity index (χ0) is 20.3. The summed E-state index contributed by atoms with van der Waals surface area (Å²) in [4.78, 5) is 0. The van der Waals surface area contributed by atoms with Crippen LogP contribution in [0.3, 0.4) is 0 Å². The van der Waals surface area contributed by atoms with Gasteiger partial charge in [-0.15, -0.1) is 0 Å². The summed E-state index contributed by atoms with van der Waals surface area (Å²) in [7, 11) is 0. The molecule has 3 atom stereocenters. The lowest BCUT2D eigenvalue weighted by atomic mass is 9.62. The van der Waals surface area contributed by atoms with Crippen LogP contribution >= 0.6 is 0 Å². The summed E-state index contributed by atoms with van der Waals surface area (Å²) in [5.74, 6) is 0.0602. The van der Waals surface area contributed by atoms with Crippen molar-refractivity contribution in [2.75, 3.05) is 0 Å². The lowest BCUT2D eigenvalue weighted by molar-refractivity contribution is -0.347. The van der Waals surface area contributed by atoms with Crippen LogP contribution in [0, 0.1) is 16.7 Å². The van der Waals surface area contributed by atoms with E-state index in [2.05, 4.69) is 0 Å². The first-order valence-electron chi connectivity index (χ1n) is 9.20. The normalized spacial score (nSPS) is 33.9. The maximum atomic E-state index is 12.8. The second kappa shape index (κ2) is 6.24. The molecule has 0 spiro atoms. The molecule has 3 aliphatic rings. The molecule has 0 saturated heterocycles. The highest BCUT2D eigenvalue weighted by Crippen LogP contribution is 2.66. The Hall–Kier alpha value is -1.02. The minimum atomic E-state index is -5.84. The summed E-state index contributed by atoms with van der Waals surface area (Å²) in [6.45, 7) is 2.05. The third-order valence-corrected chi connectivity index (χ3v) is 6.83. The van der Waals surface area contributed by atoms with Crippen molar-refractivity contribution in [1.29, 1.82) is 0 Å². The van der Waals surface area contributed by atoms with Crippen molar-refractivity contribution in [2.45, 2.75) is 75.9 Å². The molecule has 0 heterocycles. The Morgan fingerprint density at radius 3 is 2.22 bits per heavy atom. The minimum Gasteiger partial charge on any atom is -0.393 e. The van der Waals surface area contributed by atoms with Crippen LogP contribution in [0.5, 0.6) is 0 Å². The molecular weight excluding hydrogens is 374 g/mol. The molecule has 2 N–H and O–H groups in total. The Morgan fingerprint density at radius 2 is 1.70 bits per heavy atom. The molecule has 0 bridgehead atoms. The number of hydrogen-bond acceptors (Lipinski definition) is 2. The molecule has 154 valence electrons. The Morgan fingerprint density at radius 1 is 1.11 bits per heavy atom. The Balaban J connectivity index is 1.79. The zero-order valence-corrected chi connectivity index (χ0v) is 15.0. The van der Waals surface area contributed by atoms with Gasteiger partial charge in [0.05, 0.1) is 6.10 Å². The van der Waals surface area contributed by atoms with Gasteiger partial charge in [0.15, 0.2) is 0 Å². The smallest absolute Gasteiger partial charge is 0.393 e. The molecule has 0 aromatic carbocycles. The van der Waals surface area contributed by atoms with Gasteiger partial charge in [0.25, 0.3) is 5.60 Å². The summed E-state index contributed by atoms with van der Waals surface area (Å²) in [5, 5.41) is 19.5. The molecule has 0 unspecified atom stereocenters. The van der Waals surface area contributed by atoms with E-state index < -0.39 is 29.5 Å². The highest BCUT2D eigenvalue weighted by molar-refractivity contribution is 5.35. The molecule has 8 heteroatoms. The van der Waals surface area contributed by atoms with E-state index >= 15 is 0 Å². The van der Waals surface area contributed by atoms with Crippen molar-refractivity contribution in [3.63, 3.8) is 0 Å². The third kappa shape index (κ3) is 3.22.